The summed E-state index contributed by atoms with van der Waals surface area (Å²) in [4.78, 5) is 11.1. The number of furan rings is 1. The van der Waals surface area contributed by atoms with Crippen molar-refractivity contribution in [3.05, 3.63) is 30.9 Å². The average Bonchev–Trinajstić information content (AvgIpc) is 3.34. The Balaban J connectivity index is 1.64. The van der Waals surface area contributed by atoms with Crippen molar-refractivity contribution < 1.29 is 17.6 Å². The zero-order chi connectivity index (χ0) is 19.6. The molecule has 3 aromatic heterocycles. The van der Waals surface area contributed by atoms with Gasteiger partial charge in [-0.25, -0.2) is 13.4 Å². The molecular weight excluding hydrogens is 380 g/mol. The van der Waals surface area contributed by atoms with E-state index >= 15 is 0 Å². The number of nitrogens with zero attached hydrogens (tertiary/aromatic N) is 4. The van der Waals surface area contributed by atoms with Gasteiger partial charge in [-0.2, -0.15) is 4.98 Å². The SMILES string of the molecule is CS(=O)(=O)CCCOc1cc2oc(-n3ccnc3)cc2c(N2CCCCC2)n1. The highest BCUT2D eigenvalue weighted by Gasteiger charge is 2.20. The van der Waals surface area contributed by atoms with Crippen LogP contribution in [0.2, 0.25) is 0 Å². The van der Waals surface area contributed by atoms with Crippen LogP contribution in [0, 0.1) is 0 Å². The molecular formula is C19H24N4O4S. The van der Waals surface area contributed by atoms with E-state index in [1.807, 2.05) is 16.8 Å². The second kappa shape index (κ2) is 7.83. The van der Waals surface area contributed by atoms with Gasteiger partial charge in [0, 0.05) is 43.9 Å². The summed E-state index contributed by atoms with van der Waals surface area (Å²) < 4.78 is 36.2. The Morgan fingerprint density at radius 2 is 2.04 bits per heavy atom. The fourth-order valence-electron chi connectivity index (χ4n) is 3.42. The van der Waals surface area contributed by atoms with Crippen molar-refractivity contribution in [2.45, 2.75) is 25.7 Å². The van der Waals surface area contributed by atoms with Crippen molar-refractivity contribution in [3.8, 4) is 11.8 Å². The number of imidazole rings is 1. The normalized spacial score (nSPS) is 15.2. The molecule has 4 heterocycles. The molecule has 8 nitrogen and oxygen atoms in total. The standard InChI is InChI=1S/C19H24N4O4S/c1-28(24,25)11-5-10-26-17-13-16-15(12-18(27-16)23-9-6-20-14-23)19(21-17)22-7-3-2-4-8-22/h6,9,12-14H,2-5,7-8,10-11H2,1H3. The third kappa shape index (κ3) is 4.30. The minimum atomic E-state index is -3.00. The van der Waals surface area contributed by atoms with Crippen molar-refractivity contribution in [2.24, 2.45) is 0 Å². The molecule has 3 aromatic rings. The number of aromatic nitrogens is 3. The van der Waals surface area contributed by atoms with E-state index in [1.54, 1.807) is 18.6 Å². The predicted molar refractivity (Wildman–Crippen MR) is 107 cm³/mol. The van der Waals surface area contributed by atoms with E-state index in [0.29, 0.717) is 30.4 Å². The van der Waals surface area contributed by atoms with Gasteiger partial charge in [-0.15, -0.1) is 0 Å². The lowest BCUT2D eigenvalue weighted by Crippen LogP contribution is -2.30. The topological polar surface area (TPSA) is 90.5 Å². The van der Waals surface area contributed by atoms with Gasteiger partial charge in [0.2, 0.25) is 11.8 Å². The second-order valence-electron chi connectivity index (χ2n) is 7.13. The maximum Gasteiger partial charge on any atom is 0.219 e. The Labute approximate surface area is 164 Å². The average molecular weight is 404 g/mol. The number of hydrogen-bond acceptors (Lipinski definition) is 7. The maximum atomic E-state index is 11.3. The number of anilines is 1. The van der Waals surface area contributed by atoms with E-state index in [1.165, 1.54) is 12.7 Å². The van der Waals surface area contributed by atoms with Crippen molar-refractivity contribution in [3.63, 3.8) is 0 Å². The van der Waals surface area contributed by atoms with E-state index in [9.17, 15) is 8.42 Å². The van der Waals surface area contributed by atoms with Crippen molar-refractivity contribution in [1.82, 2.24) is 14.5 Å². The van der Waals surface area contributed by atoms with E-state index in [4.69, 9.17) is 14.1 Å². The Hall–Kier alpha value is -2.55. The molecule has 1 saturated heterocycles. The largest absolute Gasteiger partial charge is 0.477 e. The molecule has 0 atom stereocenters. The van der Waals surface area contributed by atoms with Gasteiger partial charge >= 0.3 is 0 Å². The summed E-state index contributed by atoms with van der Waals surface area (Å²) in [6, 6.07) is 3.74. The van der Waals surface area contributed by atoms with Crippen molar-refractivity contribution in [1.29, 1.82) is 0 Å². The second-order valence-corrected chi connectivity index (χ2v) is 9.39. The smallest absolute Gasteiger partial charge is 0.219 e. The number of fused-ring (bicyclic) bond motifs is 1. The first kappa shape index (κ1) is 18.8. The number of rotatable bonds is 7. The molecule has 1 fully saturated rings. The van der Waals surface area contributed by atoms with Crippen LogP contribution in [0.1, 0.15) is 25.7 Å². The first-order valence-corrected chi connectivity index (χ1v) is 11.5. The van der Waals surface area contributed by atoms with Gasteiger partial charge in [0.15, 0.2) is 0 Å². The molecule has 0 N–H and O–H groups in total. The molecule has 0 amide bonds. The molecule has 150 valence electrons. The van der Waals surface area contributed by atoms with E-state index < -0.39 is 9.84 Å². The molecule has 0 bridgehead atoms. The summed E-state index contributed by atoms with van der Waals surface area (Å²) in [5, 5.41) is 0.939. The first-order valence-electron chi connectivity index (χ1n) is 9.48. The number of piperidine rings is 1. The van der Waals surface area contributed by atoms with Gasteiger partial charge in [-0.05, 0) is 25.7 Å². The number of ether oxygens (including phenoxy) is 1. The van der Waals surface area contributed by atoms with Gasteiger partial charge in [-0.3, -0.25) is 4.57 Å². The Bertz CT molecular complexity index is 1040. The van der Waals surface area contributed by atoms with Crippen LogP contribution < -0.4 is 9.64 Å². The molecule has 1 aliphatic heterocycles. The van der Waals surface area contributed by atoms with E-state index in [-0.39, 0.29) is 5.75 Å². The summed E-state index contributed by atoms with van der Waals surface area (Å²) in [5.74, 6) is 2.07. The highest BCUT2D eigenvalue weighted by atomic mass is 32.2. The number of pyridine rings is 1. The quantitative estimate of drug-likeness (QED) is 0.559. The van der Waals surface area contributed by atoms with Crippen LogP contribution in [0.25, 0.3) is 16.9 Å². The molecule has 0 aromatic carbocycles. The zero-order valence-electron chi connectivity index (χ0n) is 15.9. The van der Waals surface area contributed by atoms with Crippen LogP contribution in [0.15, 0.2) is 35.3 Å². The van der Waals surface area contributed by atoms with Crippen LogP contribution in [0.5, 0.6) is 5.88 Å². The molecule has 4 rings (SSSR count). The highest BCUT2D eigenvalue weighted by molar-refractivity contribution is 7.90. The summed E-state index contributed by atoms with van der Waals surface area (Å²) in [7, 11) is -3.00. The lowest BCUT2D eigenvalue weighted by Gasteiger charge is -2.28. The van der Waals surface area contributed by atoms with Gasteiger partial charge < -0.3 is 14.1 Å². The summed E-state index contributed by atoms with van der Waals surface area (Å²) in [6.07, 6.45) is 10.4. The fraction of sp³-hybridized carbons (Fsp3) is 0.474. The summed E-state index contributed by atoms with van der Waals surface area (Å²) in [6.45, 7) is 2.19. The molecule has 0 radical (unpaired) electrons. The van der Waals surface area contributed by atoms with E-state index in [0.717, 1.165) is 37.1 Å². The summed E-state index contributed by atoms with van der Waals surface area (Å²) >= 11 is 0. The Kier molecular flexibility index (Phi) is 5.25. The molecule has 0 saturated carbocycles. The predicted octanol–water partition coefficient (Wildman–Crippen LogP) is 2.82. The van der Waals surface area contributed by atoms with Crippen molar-refractivity contribution in [2.75, 3.05) is 36.6 Å². The fourth-order valence-corrected chi connectivity index (χ4v) is 4.06. The van der Waals surface area contributed by atoms with Crippen LogP contribution in [0.4, 0.5) is 5.82 Å². The van der Waals surface area contributed by atoms with Crippen LogP contribution in [-0.2, 0) is 9.84 Å². The molecule has 0 unspecified atom stereocenters. The maximum absolute atomic E-state index is 11.3. The third-order valence-electron chi connectivity index (χ3n) is 4.78. The van der Waals surface area contributed by atoms with Gasteiger partial charge in [0.1, 0.15) is 27.6 Å². The minimum Gasteiger partial charge on any atom is -0.477 e. The summed E-state index contributed by atoms with van der Waals surface area (Å²) in [5.41, 5.74) is 0.692. The molecule has 9 heteroatoms. The monoisotopic (exact) mass is 404 g/mol. The number of hydrogen-bond donors (Lipinski definition) is 0. The third-order valence-corrected chi connectivity index (χ3v) is 5.81. The molecule has 0 aliphatic carbocycles. The van der Waals surface area contributed by atoms with Crippen LogP contribution in [0.3, 0.4) is 0 Å². The van der Waals surface area contributed by atoms with Gasteiger partial charge in [0.25, 0.3) is 0 Å². The number of sulfone groups is 1. The van der Waals surface area contributed by atoms with Crippen LogP contribution in [-0.4, -0.2) is 54.7 Å². The molecule has 1 aliphatic rings. The minimum absolute atomic E-state index is 0.0970. The van der Waals surface area contributed by atoms with Gasteiger partial charge in [0.05, 0.1) is 17.7 Å². The Morgan fingerprint density at radius 1 is 1.21 bits per heavy atom. The zero-order valence-corrected chi connectivity index (χ0v) is 16.7. The van der Waals surface area contributed by atoms with E-state index in [2.05, 4.69) is 9.88 Å². The first-order chi connectivity index (χ1) is 13.5. The highest BCUT2D eigenvalue weighted by Crippen LogP contribution is 2.34. The lowest BCUT2D eigenvalue weighted by atomic mass is 10.1. The van der Waals surface area contributed by atoms with Crippen molar-refractivity contribution >= 4 is 26.6 Å². The molecule has 28 heavy (non-hydrogen) atoms. The lowest BCUT2D eigenvalue weighted by molar-refractivity contribution is 0.305. The molecule has 0 spiro atoms. The van der Waals surface area contributed by atoms with Gasteiger partial charge in [-0.1, -0.05) is 0 Å². The van der Waals surface area contributed by atoms with Crippen LogP contribution >= 0.6 is 0 Å². The Morgan fingerprint density at radius 3 is 2.75 bits per heavy atom.